The molecule has 0 fully saturated rings. The molecule has 0 aliphatic carbocycles. The highest BCUT2D eigenvalue weighted by Crippen LogP contribution is 2.28. The van der Waals surface area contributed by atoms with Crippen LogP contribution < -0.4 is 4.74 Å². The van der Waals surface area contributed by atoms with E-state index in [1.54, 1.807) is 0 Å². The zero-order valence-corrected chi connectivity index (χ0v) is 9.99. The minimum atomic E-state index is 0.797. The van der Waals surface area contributed by atoms with Crippen LogP contribution in [-0.4, -0.2) is 6.61 Å². The number of benzene rings is 2. The molecule has 0 atom stereocenters. The van der Waals surface area contributed by atoms with Crippen molar-refractivity contribution in [3.05, 3.63) is 42.0 Å². The smallest absolute Gasteiger partial charge is 0.123 e. The number of hydrogen-bond acceptors (Lipinski definition) is 1. The third-order valence-corrected chi connectivity index (χ3v) is 2.81. The number of rotatable bonds is 4. The Bertz CT molecular complexity index is 474. The fraction of sp³-hybridized carbons (Fsp3) is 0.333. The van der Waals surface area contributed by atoms with Crippen molar-refractivity contribution < 1.29 is 4.74 Å². The van der Waals surface area contributed by atoms with Crippen molar-refractivity contribution in [2.24, 2.45) is 0 Å². The van der Waals surface area contributed by atoms with Crippen molar-refractivity contribution in [1.29, 1.82) is 0 Å². The lowest BCUT2D eigenvalue weighted by atomic mass is 10.0. The molecule has 84 valence electrons. The first-order chi connectivity index (χ1) is 7.86. The molecule has 0 aromatic heterocycles. The van der Waals surface area contributed by atoms with Crippen molar-refractivity contribution >= 4 is 10.8 Å². The number of aryl methyl sites for hydroxylation is 1. The second kappa shape index (κ2) is 5.02. The van der Waals surface area contributed by atoms with Crippen LogP contribution in [0.4, 0.5) is 0 Å². The quantitative estimate of drug-likeness (QED) is 0.741. The van der Waals surface area contributed by atoms with Crippen LogP contribution in [0.15, 0.2) is 36.4 Å². The van der Waals surface area contributed by atoms with E-state index in [9.17, 15) is 0 Å². The summed E-state index contributed by atoms with van der Waals surface area (Å²) in [6.07, 6.45) is 2.07. The normalized spacial score (nSPS) is 10.6. The molecule has 0 bridgehead atoms. The van der Waals surface area contributed by atoms with E-state index in [1.165, 1.54) is 16.3 Å². The van der Waals surface area contributed by atoms with Crippen molar-refractivity contribution in [2.45, 2.75) is 26.7 Å². The zero-order valence-electron chi connectivity index (χ0n) is 9.99. The summed E-state index contributed by atoms with van der Waals surface area (Å²) in [5.74, 6) is 1.04. The maximum absolute atomic E-state index is 5.79. The number of fused-ring (bicyclic) bond motifs is 1. The molecule has 0 N–H and O–H groups in total. The molecule has 0 saturated carbocycles. The first kappa shape index (κ1) is 11.0. The summed E-state index contributed by atoms with van der Waals surface area (Å²) in [5.41, 5.74) is 1.33. The monoisotopic (exact) mass is 214 g/mol. The van der Waals surface area contributed by atoms with Crippen molar-refractivity contribution in [2.75, 3.05) is 6.61 Å². The van der Waals surface area contributed by atoms with E-state index in [-0.39, 0.29) is 0 Å². The Hall–Kier alpha value is -1.50. The molecule has 16 heavy (non-hydrogen) atoms. The molecule has 1 nitrogen and oxygen atoms in total. The summed E-state index contributed by atoms with van der Waals surface area (Å²) >= 11 is 0. The standard InChI is InChI=1S/C15H18O/c1-3-11-16-15-10-9-12-7-5-6-8-14(12)13(15)4-2/h5-10H,3-4,11H2,1-2H3. The van der Waals surface area contributed by atoms with Crippen LogP contribution in [-0.2, 0) is 6.42 Å². The van der Waals surface area contributed by atoms with Crippen LogP contribution in [0.3, 0.4) is 0 Å². The second-order valence-corrected chi connectivity index (χ2v) is 3.97. The molecule has 0 amide bonds. The minimum Gasteiger partial charge on any atom is -0.493 e. The first-order valence-corrected chi connectivity index (χ1v) is 6.00. The van der Waals surface area contributed by atoms with Gasteiger partial charge >= 0.3 is 0 Å². The van der Waals surface area contributed by atoms with Gasteiger partial charge in [0.05, 0.1) is 6.61 Å². The van der Waals surface area contributed by atoms with Gasteiger partial charge in [0.1, 0.15) is 5.75 Å². The van der Waals surface area contributed by atoms with Gasteiger partial charge in [-0.15, -0.1) is 0 Å². The fourth-order valence-corrected chi connectivity index (χ4v) is 2.03. The number of ether oxygens (including phenoxy) is 1. The molecular formula is C15H18O. The highest BCUT2D eigenvalue weighted by molar-refractivity contribution is 5.87. The number of hydrogen-bond donors (Lipinski definition) is 0. The highest BCUT2D eigenvalue weighted by Gasteiger charge is 2.06. The molecule has 2 aromatic carbocycles. The maximum Gasteiger partial charge on any atom is 0.123 e. The van der Waals surface area contributed by atoms with Gasteiger partial charge in [-0.3, -0.25) is 0 Å². The Morgan fingerprint density at radius 1 is 1.00 bits per heavy atom. The maximum atomic E-state index is 5.79. The summed E-state index contributed by atoms with van der Waals surface area (Å²) in [6.45, 7) is 5.11. The second-order valence-electron chi connectivity index (χ2n) is 3.97. The van der Waals surface area contributed by atoms with Crippen LogP contribution in [0, 0.1) is 0 Å². The van der Waals surface area contributed by atoms with Crippen molar-refractivity contribution in [3.8, 4) is 5.75 Å². The van der Waals surface area contributed by atoms with E-state index in [0.717, 1.165) is 25.2 Å². The Labute approximate surface area is 97.1 Å². The summed E-state index contributed by atoms with van der Waals surface area (Å²) in [7, 11) is 0. The third-order valence-electron chi connectivity index (χ3n) is 2.81. The van der Waals surface area contributed by atoms with Gasteiger partial charge in [0.15, 0.2) is 0 Å². The zero-order chi connectivity index (χ0) is 11.4. The fourth-order valence-electron chi connectivity index (χ4n) is 2.03. The minimum absolute atomic E-state index is 0.797. The van der Waals surface area contributed by atoms with Crippen molar-refractivity contribution in [3.63, 3.8) is 0 Å². The van der Waals surface area contributed by atoms with Crippen LogP contribution in [0.1, 0.15) is 25.8 Å². The highest BCUT2D eigenvalue weighted by atomic mass is 16.5. The van der Waals surface area contributed by atoms with E-state index >= 15 is 0 Å². The van der Waals surface area contributed by atoms with Gasteiger partial charge in [0.2, 0.25) is 0 Å². The molecular weight excluding hydrogens is 196 g/mol. The lowest BCUT2D eigenvalue weighted by Gasteiger charge is -2.12. The average Bonchev–Trinajstić information content (AvgIpc) is 2.35. The summed E-state index contributed by atoms with van der Waals surface area (Å²) in [4.78, 5) is 0. The largest absolute Gasteiger partial charge is 0.493 e. The van der Waals surface area contributed by atoms with Gasteiger partial charge in [0.25, 0.3) is 0 Å². The topological polar surface area (TPSA) is 9.23 Å². The molecule has 2 rings (SSSR count). The van der Waals surface area contributed by atoms with Gasteiger partial charge in [-0.05, 0) is 29.7 Å². The van der Waals surface area contributed by atoms with Crippen LogP contribution >= 0.6 is 0 Å². The Morgan fingerprint density at radius 2 is 1.81 bits per heavy atom. The molecule has 0 heterocycles. The summed E-state index contributed by atoms with van der Waals surface area (Å²) in [6, 6.07) is 12.7. The van der Waals surface area contributed by atoms with E-state index in [1.807, 2.05) is 0 Å². The van der Waals surface area contributed by atoms with Gasteiger partial charge in [-0.2, -0.15) is 0 Å². The lowest BCUT2D eigenvalue weighted by Crippen LogP contribution is -1.98. The molecule has 0 aliphatic heterocycles. The van der Waals surface area contributed by atoms with E-state index in [2.05, 4.69) is 50.2 Å². The molecule has 0 aliphatic rings. The SMILES string of the molecule is CCCOc1ccc2ccccc2c1CC. The predicted octanol–water partition coefficient (Wildman–Crippen LogP) is 4.19. The van der Waals surface area contributed by atoms with Gasteiger partial charge < -0.3 is 4.74 Å². The Balaban J connectivity index is 2.50. The van der Waals surface area contributed by atoms with Gasteiger partial charge in [0, 0.05) is 5.56 Å². The average molecular weight is 214 g/mol. The van der Waals surface area contributed by atoms with Gasteiger partial charge in [-0.25, -0.2) is 0 Å². The van der Waals surface area contributed by atoms with E-state index in [4.69, 9.17) is 4.74 Å². The van der Waals surface area contributed by atoms with E-state index in [0.29, 0.717) is 0 Å². The lowest BCUT2D eigenvalue weighted by molar-refractivity contribution is 0.315. The van der Waals surface area contributed by atoms with Crippen molar-refractivity contribution in [1.82, 2.24) is 0 Å². The molecule has 0 spiro atoms. The molecule has 2 aromatic rings. The first-order valence-electron chi connectivity index (χ1n) is 6.00. The van der Waals surface area contributed by atoms with Crippen LogP contribution in [0.5, 0.6) is 5.75 Å². The van der Waals surface area contributed by atoms with Crippen LogP contribution in [0.2, 0.25) is 0 Å². The van der Waals surface area contributed by atoms with Gasteiger partial charge in [-0.1, -0.05) is 44.2 Å². The van der Waals surface area contributed by atoms with Crippen LogP contribution in [0.25, 0.3) is 10.8 Å². The Kier molecular flexibility index (Phi) is 3.45. The molecule has 0 saturated heterocycles. The summed E-state index contributed by atoms with van der Waals surface area (Å²) < 4.78 is 5.79. The predicted molar refractivity (Wildman–Crippen MR) is 69.1 cm³/mol. The summed E-state index contributed by atoms with van der Waals surface area (Å²) in [5, 5.41) is 2.61. The Morgan fingerprint density at radius 3 is 2.56 bits per heavy atom. The molecule has 0 radical (unpaired) electrons. The van der Waals surface area contributed by atoms with E-state index < -0.39 is 0 Å². The third kappa shape index (κ3) is 2.04. The molecule has 1 heteroatoms. The molecule has 0 unspecified atom stereocenters.